The van der Waals surface area contributed by atoms with E-state index in [2.05, 4.69) is 5.10 Å². The number of nitro groups is 1. The van der Waals surface area contributed by atoms with E-state index in [-0.39, 0.29) is 5.69 Å². The molecule has 0 aliphatic carbocycles. The fourth-order valence-corrected chi connectivity index (χ4v) is 1.91. The van der Waals surface area contributed by atoms with Gasteiger partial charge in [0.25, 0.3) is 5.69 Å². The van der Waals surface area contributed by atoms with E-state index in [1.165, 1.54) is 12.1 Å². The Labute approximate surface area is 103 Å². The number of aryl methyl sites for hydroxylation is 2. The average Bonchev–Trinajstić information content (AvgIpc) is 2.57. The zero-order valence-corrected chi connectivity index (χ0v) is 10.1. The molecule has 0 fully saturated rings. The van der Waals surface area contributed by atoms with Crippen molar-refractivity contribution in [3.05, 3.63) is 50.8 Å². The van der Waals surface area contributed by atoms with Crippen LogP contribution in [0.3, 0.4) is 0 Å². The van der Waals surface area contributed by atoms with E-state index in [4.69, 9.17) is 11.6 Å². The minimum atomic E-state index is -0.475. The predicted molar refractivity (Wildman–Crippen MR) is 64.7 cm³/mol. The first kappa shape index (κ1) is 11.6. The van der Waals surface area contributed by atoms with Crippen LogP contribution in [0.4, 0.5) is 5.69 Å². The van der Waals surface area contributed by atoms with Crippen molar-refractivity contribution in [3.63, 3.8) is 0 Å². The Hall–Kier alpha value is -1.88. The second kappa shape index (κ2) is 4.18. The van der Waals surface area contributed by atoms with Crippen LogP contribution < -0.4 is 0 Å². The molecule has 0 amide bonds. The maximum absolute atomic E-state index is 10.6. The zero-order valence-electron chi connectivity index (χ0n) is 9.35. The summed E-state index contributed by atoms with van der Waals surface area (Å²) in [5.74, 6) is 0. The molecule has 0 atom stereocenters. The summed E-state index contributed by atoms with van der Waals surface area (Å²) in [6.07, 6.45) is 0. The van der Waals surface area contributed by atoms with Gasteiger partial charge in [-0.2, -0.15) is 5.10 Å². The third-order valence-electron chi connectivity index (χ3n) is 2.38. The first-order chi connectivity index (χ1) is 7.99. The Morgan fingerprint density at radius 1 is 1.35 bits per heavy atom. The molecular formula is C11H10ClN3O2. The lowest BCUT2D eigenvalue weighted by Gasteiger charge is -2.06. The molecule has 0 aliphatic rings. The molecule has 0 saturated carbocycles. The van der Waals surface area contributed by atoms with Crippen LogP contribution in [0.2, 0.25) is 5.02 Å². The summed E-state index contributed by atoms with van der Waals surface area (Å²) in [4.78, 5) is 10.1. The third-order valence-corrected chi connectivity index (χ3v) is 2.68. The van der Waals surface area contributed by atoms with Gasteiger partial charge in [-0.1, -0.05) is 11.6 Å². The van der Waals surface area contributed by atoms with Gasteiger partial charge in [0.2, 0.25) is 0 Å². The molecule has 17 heavy (non-hydrogen) atoms. The van der Waals surface area contributed by atoms with Crippen LogP contribution in [0.25, 0.3) is 5.69 Å². The van der Waals surface area contributed by atoms with Crippen LogP contribution in [-0.4, -0.2) is 14.7 Å². The lowest BCUT2D eigenvalue weighted by Crippen LogP contribution is -2.00. The van der Waals surface area contributed by atoms with E-state index in [0.717, 1.165) is 11.4 Å². The van der Waals surface area contributed by atoms with Crippen LogP contribution >= 0.6 is 11.6 Å². The molecule has 0 aliphatic heterocycles. The van der Waals surface area contributed by atoms with Crippen LogP contribution in [0.5, 0.6) is 0 Å². The van der Waals surface area contributed by atoms with Crippen molar-refractivity contribution < 1.29 is 4.92 Å². The van der Waals surface area contributed by atoms with Crippen molar-refractivity contribution in [1.82, 2.24) is 9.78 Å². The summed E-state index contributed by atoms with van der Waals surface area (Å²) in [6, 6.07) is 6.25. The first-order valence-corrected chi connectivity index (χ1v) is 5.34. The normalized spacial score (nSPS) is 10.5. The lowest BCUT2D eigenvalue weighted by molar-refractivity contribution is -0.384. The summed E-state index contributed by atoms with van der Waals surface area (Å²) >= 11 is 6.02. The number of rotatable bonds is 2. The van der Waals surface area contributed by atoms with Gasteiger partial charge in [0.05, 0.1) is 21.3 Å². The Bertz CT molecular complexity index is 592. The van der Waals surface area contributed by atoms with Gasteiger partial charge in [-0.3, -0.25) is 10.1 Å². The van der Waals surface area contributed by atoms with Gasteiger partial charge in [0.1, 0.15) is 0 Å². The van der Waals surface area contributed by atoms with Crippen LogP contribution in [-0.2, 0) is 0 Å². The molecule has 0 saturated heterocycles. The molecule has 0 radical (unpaired) electrons. The Kier molecular flexibility index (Phi) is 2.85. The number of hydrogen-bond acceptors (Lipinski definition) is 3. The zero-order chi connectivity index (χ0) is 12.6. The van der Waals surface area contributed by atoms with Crippen LogP contribution in [0, 0.1) is 24.0 Å². The van der Waals surface area contributed by atoms with E-state index in [9.17, 15) is 10.1 Å². The number of hydrogen-bond donors (Lipinski definition) is 0. The number of halogens is 1. The van der Waals surface area contributed by atoms with Gasteiger partial charge in [-0.25, -0.2) is 4.68 Å². The molecule has 0 unspecified atom stereocenters. The molecule has 0 N–H and O–H groups in total. The fraction of sp³-hybridized carbons (Fsp3) is 0.182. The lowest BCUT2D eigenvalue weighted by atomic mass is 10.3. The standard InChI is InChI=1S/C11H10ClN3O2/c1-7-5-8(2)14(13-7)11-4-3-9(15(16)17)6-10(11)12/h3-6H,1-2H3. The number of benzene rings is 1. The van der Waals surface area contributed by atoms with Crippen LogP contribution in [0.1, 0.15) is 11.4 Å². The van der Waals surface area contributed by atoms with Crippen LogP contribution in [0.15, 0.2) is 24.3 Å². The highest BCUT2D eigenvalue weighted by Gasteiger charge is 2.12. The maximum atomic E-state index is 10.6. The minimum absolute atomic E-state index is 0.0275. The van der Waals surface area contributed by atoms with Crippen molar-refractivity contribution >= 4 is 17.3 Å². The van der Waals surface area contributed by atoms with Gasteiger partial charge in [0.15, 0.2) is 0 Å². The highest BCUT2D eigenvalue weighted by molar-refractivity contribution is 6.32. The highest BCUT2D eigenvalue weighted by atomic mass is 35.5. The number of non-ortho nitro benzene ring substituents is 1. The predicted octanol–water partition coefficient (Wildman–Crippen LogP) is 3.05. The Morgan fingerprint density at radius 2 is 2.06 bits per heavy atom. The van der Waals surface area contributed by atoms with E-state index in [0.29, 0.717) is 10.7 Å². The Morgan fingerprint density at radius 3 is 2.53 bits per heavy atom. The summed E-state index contributed by atoms with van der Waals surface area (Å²) in [5.41, 5.74) is 2.42. The van der Waals surface area contributed by atoms with Gasteiger partial charge in [0, 0.05) is 17.8 Å². The SMILES string of the molecule is Cc1cc(C)n(-c2ccc([N+](=O)[O-])cc2Cl)n1. The second-order valence-corrected chi connectivity index (χ2v) is 4.14. The van der Waals surface area contributed by atoms with E-state index >= 15 is 0 Å². The molecule has 1 aromatic heterocycles. The first-order valence-electron chi connectivity index (χ1n) is 4.96. The van der Waals surface area contributed by atoms with Gasteiger partial charge in [-0.15, -0.1) is 0 Å². The Balaban J connectivity index is 2.54. The van der Waals surface area contributed by atoms with Gasteiger partial charge >= 0.3 is 0 Å². The third kappa shape index (κ3) is 2.14. The molecular weight excluding hydrogens is 242 g/mol. The van der Waals surface area contributed by atoms with E-state index in [1.54, 1.807) is 10.7 Å². The molecule has 88 valence electrons. The molecule has 5 nitrogen and oxygen atoms in total. The summed E-state index contributed by atoms with van der Waals surface area (Å²) in [6.45, 7) is 3.78. The highest BCUT2D eigenvalue weighted by Crippen LogP contribution is 2.26. The van der Waals surface area contributed by atoms with Crippen molar-refractivity contribution in [2.24, 2.45) is 0 Å². The number of aromatic nitrogens is 2. The smallest absolute Gasteiger partial charge is 0.258 e. The minimum Gasteiger partial charge on any atom is -0.258 e. The van der Waals surface area contributed by atoms with E-state index in [1.807, 2.05) is 19.9 Å². The summed E-state index contributed by atoms with van der Waals surface area (Å²) in [5, 5.41) is 15.2. The average molecular weight is 252 g/mol. The van der Waals surface area contributed by atoms with Crippen molar-refractivity contribution in [2.75, 3.05) is 0 Å². The maximum Gasteiger partial charge on any atom is 0.271 e. The monoisotopic (exact) mass is 251 g/mol. The molecule has 6 heteroatoms. The summed E-state index contributed by atoms with van der Waals surface area (Å²) in [7, 11) is 0. The molecule has 0 spiro atoms. The molecule has 1 aromatic carbocycles. The molecule has 2 rings (SSSR count). The largest absolute Gasteiger partial charge is 0.271 e. The molecule has 2 aromatic rings. The second-order valence-electron chi connectivity index (χ2n) is 3.73. The van der Waals surface area contributed by atoms with Crippen molar-refractivity contribution in [3.8, 4) is 5.69 Å². The van der Waals surface area contributed by atoms with E-state index < -0.39 is 4.92 Å². The van der Waals surface area contributed by atoms with Crippen molar-refractivity contribution in [2.45, 2.75) is 13.8 Å². The van der Waals surface area contributed by atoms with Gasteiger partial charge in [-0.05, 0) is 26.0 Å². The molecule has 1 heterocycles. The topological polar surface area (TPSA) is 61.0 Å². The number of nitrogens with zero attached hydrogens (tertiary/aromatic N) is 3. The van der Waals surface area contributed by atoms with Gasteiger partial charge < -0.3 is 0 Å². The fourth-order valence-electron chi connectivity index (χ4n) is 1.65. The number of nitro benzene ring substituents is 1. The summed E-state index contributed by atoms with van der Waals surface area (Å²) < 4.78 is 1.67. The quantitative estimate of drug-likeness (QED) is 0.609. The molecule has 0 bridgehead atoms. The van der Waals surface area contributed by atoms with Crippen molar-refractivity contribution in [1.29, 1.82) is 0 Å².